The lowest BCUT2D eigenvalue weighted by atomic mass is 9.98. The summed E-state index contributed by atoms with van der Waals surface area (Å²) in [6.45, 7) is 0. The molecule has 0 aromatic carbocycles. The van der Waals surface area contributed by atoms with Crippen LogP contribution in [0.4, 0.5) is 11.6 Å². The predicted molar refractivity (Wildman–Crippen MR) is 82.1 cm³/mol. The Labute approximate surface area is 126 Å². The van der Waals surface area contributed by atoms with Crippen LogP contribution in [-0.4, -0.2) is 35.9 Å². The molecule has 6 nitrogen and oxygen atoms in total. The topological polar surface area (TPSA) is 66.4 Å². The molecule has 0 fully saturated rings. The Morgan fingerprint density at radius 1 is 0.773 bits per heavy atom. The minimum absolute atomic E-state index is 0.220. The Morgan fingerprint density at radius 2 is 1.18 bits per heavy atom. The smallest absolute Gasteiger partial charge is 0.260 e. The fourth-order valence-corrected chi connectivity index (χ4v) is 2.96. The molecule has 0 saturated heterocycles. The van der Waals surface area contributed by atoms with Gasteiger partial charge in [0.2, 0.25) is 0 Å². The first-order valence-electron chi connectivity index (χ1n) is 6.82. The van der Waals surface area contributed by atoms with Crippen molar-refractivity contribution >= 4 is 34.6 Å². The van der Waals surface area contributed by atoms with Gasteiger partial charge in [0.1, 0.15) is 11.6 Å². The molecule has 0 bridgehead atoms. The molecular weight excluding hydrogens is 280 g/mol. The SMILES string of the molecule is CN1C(=O)/C(=C2/C(=O)N(C)c3ncccc32)c2cccnc21. The molecule has 22 heavy (non-hydrogen) atoms. The van der Waals surface area contributed by atoms with Crippen LogP contribution in [0.1, 0.15) is 11.1 Å². The highest BCUT2D eigenvalue weighted by molar-refractivity contribution is 6.49. The maximum absolute atomic E-state index is 12.6. The van der Waals surface area contributed by atoms with E-state index in [9.17, 15) is 9.59 Å². The van der Waals surface area contributed by atoms with Crippen LogP contribution in [0.3, 0.4) is 0 Å². The number of hydrogen-bond acceptors (Lipinski definition) is 4. The number of fused-ring (bicyclic) bond motifs is 2. The lowest BCUT2D eigenvalue weighted by Gasteiger charge is -2.08. The van der Waals surface area contributed by atoms with E-state index in [0.717, 1.165) is 0 Å². The van der Waals surface area contributed by atoms with Gasteiger partial charge in [-0.05, 0) is 24.3 Å². The summed E-state index contributed by atoms with van der Waals surface area (Å²) in [6, 6.07) is 7.15. The summed E-state index contributed by atoms with van der Waals surface area (Å²) in [5, 5.41) is 0. The molecule has 2 aromatic rings. The molecule has 2 aromatic heterocycles. The Kier molecular flexibility index (Phi) is 2.45. The van der Waals surface area contributed by atoms with Crippen LogP contribution in [0.25, 0.3) is 11.1 Å². The predicted octanol–water partition coefficient (Wildman–Crippen LogP) is 1.34. The fraction of sp³-hybridized carbons (Fsp3) is 0.125. The molecule has 2 amide bonds. The standard InChI is InChI=1S/C16H12N4O2/c1-19-13-9(5-3-7-17-13)11(15(19)21)12-10-6-4-8-18-14(10)20(2)16(12)22/h3-8H,1-2H3/b12-11+. The Balaban J connectivity index is 2.07. The minimum atomic E-state index is -0.220. The molecule has 2 aliphatic heterocycles. The van der Waals surface area contributed by atoms with Gasteiger partial charge in [0.05, 0.1) is 11.1 Å². The zero-order valence-electron chi connectivity index (χ0n) is 12.1. The lowest BCUT2D eigenvalue weighted by molar-refractivity contribution is -0.114. The molecule has 0 radical (unpaired) electrons. The lowest BCUT2D eigenvalue weighted by Crippen LogP contribution is -2.24. The normalized spacial score (nSPS) is 19.7. The summed E-state index contributed by atoms with van der Waals surface area (Å²) >= 11 is 0. The van der Waals surface area contributed by atoms with Crippen molar-refractivity contribution in [1.29, 1.82) is 0 Å². The number of hydrogen-bond donors (Lipinski definition) is 0. The van der Waals surface area contributed by atoms with Crippen molar-refractivity contribution in [2.75, 3.05) is 23.9 Å². The molecule has 0 unspecified atom stereocenters. The largest absolute Gasteiger partial charge is 0.295 e. The summed E-state index contributed by atoms with van der Waals surface area (Å²) < 4.78 is 0. The molecule has 0 aliphatic carbocycles. The maximum atomic E-state index is 12.6. The first-order chi connectivity index (χ1) is 10.6. The highest BCUT2D eigenvalue weighted by Gasteiger charge is 2.40. The van der Waals surface area contributed by atoms with Gasteiger partial charge in [0, 0.05) is 37.6 Å². The van der Waals surface area contributed by atoms with Gasteiger partial charge in [-0.15, -0.1) is 0 Å². The number of amides is 2. The summed E-state index contributed by atoms with van der Waals surface area (Å²) in [6.07, 6.45) is 3.27. The quantitative estimate of drug-likeness (QED) is 0.687. The van der Waals surface area contributed by atoms with Crippen LogP contribution < -0.4 is 9.80 Å². The first-order valence-corrected chi connectivity index (χ1v) is 6.82. The van der Waals surface area contributed by atoms with Crippen molar-refractivity contribution in [3.8, 4) is 0 Å². The highest BCUT2D eigenvalue weighted by Crippen LogP contribution is 2.43. The van der Waals surface area contributed by atoms with Gasteiger partial charge in [-0.1, -0.05) is 0 Å². The van der Waals surface area contributed by atoms with Gasteiger partial charge in [-0.2, -0.15) is 0 Å². The van der Waals surface area contributed by atoms with Crippen LogP contribution in [0.5, 0.6) is 0 Å². The van der Waals surface area contributed by atoms with Crippen LogP contribution in [0.15, 0.2) is 36.7 Å². The molecule has 108 valence electrons. The number of anilines is 2. The minimum Gasteiger partial charge on any atom is -0.295 e. The first kappa shape index (κ1) is 12.7. The van der Waals surface area contributed by atoms with E-state index < -0.39 is 0 Å². The van der Waals surface area contributed by atoms with Crippen LogP contribution in [0.2, 0.25) is 0 Å². The molecule has 0 spiro atoms. The molecule has 2 aliphatic rings. The molecule has 4 heterocycles. The van der Waals surface area contributed by atoms with E-state index in [1.54, 1.807) is 38.6 Å². The molecular formula is C16H12N4O2. The van der Waals surface area contributed by atoms with E-state index in [2.05, 4.69) is 9.97 Å². The highest BCUT2D eigenvalue weighted by atomic mass is 16.2. The number of carbonyl (C=O) groups is 2. The second-order valence-corrected chi connectivity index (χ2v) is 5.23. The van der Waals surface area contributed by atoms with Gasteiger partial charge >= 0.3 is 0 Å². The number of carbonyl (C=O) groups excluding carboxylic acids is 2. The van der Waals surface area contributed by atoms with E-state index in [-0.39, 0.29) is 11.8 Å². The summed E-state index contributed by atoms with van der Waals surface area (Å²) in [7, 11) is 3.32. The van der Waals surface area contributed by atoms with Crippen molar-refractivity contribution < 1.29 is 9.59 Å². The van der Waals surface area contributed by atoms with E-state index >= 15 is 0 Å². The van der Waals surface area contributed by atoms with Crippen molar-refractivity contribution in [3.05, 3.63) is 47.8 Å². The van der Waals surface area contributed by atoms with Crippen molar-refractivity contribution in [2.45, 2.75) is 0 Å². The molecule has 0 saturated carbocycles. The number of rotatable bonds is 0. The van der Waals surface area contributed by atoms with Crippen molar-refractivity contribution in [2.24, 2.45) is 0 Å². The van der Waals surface area contributed by atoms with E-state index in [1.165, 1.54) is 9.80 Å². The summed E-state index contributed by atoms with van der Waals surface area (Å²) in [4.78, 5) is 36.7. The van der Waals surface area contributed by atoms with E-state index in [1.807, 2.05) is 12.1 Å². The molecule has 0 atom stereocenters. The molecule has 0 N–H and O–H groups in total. The van der Waals surface area contributed by atoms with Gasteiger partial charge in [-0.25, -0.2) is 9.97 Å². The van der Waals surface area contributed by atoms with Crippen LogP contribution >= 0.6 is 0 Å². The monoisotopic (exact) mass is 292 g/mol. The summed E-state index contributed by atoms with van der Waals surface area (Å²) in [5.74, 6) is 0.704. The average Bonchev–Trinajstić information content (AvgIpc) is 2.94. The Bertz CT molecular complexity index is 800. The second-order valence-electron chi connectivity index (χ2n) is 5.23. The maximum Gasteiger partial charge on any atom is 0.260 e. The van der Waals surface area contributed by atoms with Crippen LogP contribution in [0, 0.1) is 0 Å². The summed E-state index contributed by atoms with van der Waals surface area (Å²) in [5.41, 5.74) is 2.16. The Morgan fingerprint density at radius 3 is 1.59 bits per heavy atom. The van der Waals surface area contributed by atoms with Gasteiger partial charge in [0.15, 0.2) is 0 Å². The van der Waals surface area contributed by atoms with Crippen molar-refractivity contribution in [1.82, 2.24) is 9.97 Å². The fourth-order valence-electron chi connectivity index (χ4n) is 2.96. The van der Waals surface area contributed by atoms with E-state index in [0.29, 0.717) is 33.9 Å². The number of pyridine rings is 2. The van der Waals surface area contributed by atoms with Gasteiger partial charge in [0.25, 0.3) is 11.8 Å². The van der Waals surface area contributed by atoms with Crippen molar-refractivity contribution in [3.63, 3.8) is 0 Å². The van der Waals surface area contributed by atoms with Gasteiger partial charge < -0.3 is 0 Å². The third kappa shape index (κ3) is 1.43. The number of likely N-dealkylation sites (N-methyl/N-ethyl adjacent to an activating group) is 2. The average molecular weight is 292 g/mol. The molecule has 4 rings (SSSR count). The zero-order valence-corrected chi connectivity index (χ0v) is 12.1. The molecule has 6 heteroatoms. The third-order valence-electron chi connectivity index (χ3n) is 4.03. The van der Waals surface area contributed by atoms with Gasteiger partial charge in [-0.3, -0.25) is 19.4 Å². The van der Waals surface area contributed by atoms with Crippen LogP contribution in [-0.2, 0) is 9.59 Å². The van der Waals surface area contributed by atoms with E-state index in [4.69, 9.17) is 0 Å². The number of nitrogens with zero attached hydrogens (tertiary/aromatic N) is 4. The second kappa shape index (κ2) is 4.24. The number of aromatic nitrogens is 2. The zero-order chi connectivity index (χ0) is 15.4. The Hall–Kier alpha value is -3.02. The third-order valence-corrected chi connectivity index (χ3v) is 4.03.